The average molecular weight is 397 g/mol. The van der Waals surface area contributed by atoms with Gasteiger partial charge in [0.25, 0.3) is 0 Å². The summed E-state index contributed by atoms with van der Waals surface area (Å²) in [5.74, 6) is 0. The summed E-state index contributed by atoms with van der Waals surface area (Å²) in [5.41, 5.74) is 4.63. The van der Waals surface area contributed by atoms with Crippen LogP contribution in [0.3, 0.4) is 0 Å². The SMILES string of the molecule is C=C=C([Si](C(C)C)(C(C)C)C(C)C)P(=O)(c1ccccc1)c1ccccc1. The normalized spacial score (nSPS) is 12.5. The Hall–Kier alpha value is -1.59. The van der Waals surface area contributed by atoms with Crippen molar-refractivity contribution in [2.45, 2.75) is 58.2 Å². The Morgan fingerprint density at radius 3 is 1.37 bits per heavy atom. The molecule has 2 aromatic carbocycles. The van der Waals surface area contributed by atoms with Gasteiger partial charge in [0.1, 0.15) is 8.07 Å². The van der Waals surface area contributed by atoms with E-state index in [-0.39, 0.29) is 0 Å². The predicted molar refractivity (Wildman–Crippen MR) is 123 cm³/mol. The monoisotopic (exact) mass is 396 g/mol. The van der Waals surface area contributed by atoms with Crippen LogP contribution in [0.15, 0.2) is 77.9 Å². The minimum atomic E-state index is -3.01. The second-order valence-corrected chi connectivity index (χ2v) is 17.2. The summed E-state index contributed by atoms with van der Waals surface area (Å²) in [6, 6.07) is 19.9. The van der Waals surface area contributed by atoms with Crippen LogP contribution in [-0.4, -0.2) is 8.07 Å². The molecule has 0 aromatic heterocycles. The molecule has 0 unspecified atom stereocenters. The first kappa shape index (κ1) is 21.7. The minimum Gasteiger partial charge on any atom is -0.309 e. The summed E-state index contributed by atoms with van der Waals surface area (Å²) in [4.78, 5) is 1.01. The largest absolute Gasteiger partial charge is 0.309 e. The van der Waals surface area contributed by atoms with Gasteiger partial charge in [-0.2, -0.15) is 0 Å². The Balaban J connectivity index is 2.94. The van der Waals surface area contributed by atoms with Gasteiger partial charge in [-0.05, 0) is 16.6 Å². The molecule has 0 saturated carbocycles. The second-order valence-electron chi connectivity index (χ2n) is 8.20. The van der Waals surface area contributed by atoms with E-state index in [1.165, 1.54) is 0 Å². The van der Waals surface area contributed by atoms with Crippen molar-refractivity contribution in [2.75, 3.05) is 0 Å². The van der Waals surface area contributed by atoms with Crippen LogP contribution >= 0.6 is 7.14 Å². The van der Waals surface area contributed by atoms with Crippen molar-refractivity contribution < 1.29 is 4.57 Å². The number of rotatable bonds is 7. The highest BCUT2D eigenvalue weighted by atomic mass is 31.2. The van der Waals surface area contributed by atoms with E-state index in [1.54, 1.807) is 0 Å². The molecule has 27 heavy (non-hydrogen) atoms. The lowest BCUT2D eigenvalue weighted by Gasteiger charge is -2.46. The third-order valence-corrected chi connectivity index (χ3v) is 17.7. The lowest BCUT2D eigenvalue weighted by Crippen LogP contribution is -2.48. The molecule has 0 heterocycles. The molecular formula is C24H33OPSi. The third kappa shape index (κ3) is 3.59. The van der Waals surface area contributed by atoms with Crippen LogP contribution in [0.25, 0.3) is 0 Å². The average Bonchev–Trinajstić information content (AvgIpc) is 2.65. The smallest absolute Gasteiger partial charge is 0.170 e. The van der Waals surface area contributed by atoms with Crippen molar-refractivity contribution >= 4 is 25.8 Å². The van der Waals surface area contributed by atoms with E-state index >= 15 is 4.57 Å². The molecule has 2 aromatic rings. The fraction of sp³-hybridized carbons (Fsp3) is 0.375. The topological polar surface area (TPSA) is 17.1 Å². The molecule has 0 aliphatic heterocycles. The van der Waals surface area contributed by atoms with Gasteiger partial charge in [-0.15, -0.1) is 5.73 Å². The Morgan fingerprint density at radius 2 is 1.11 bits per heavy atom. The molecule has 0 spiro atoms. The van der Waals surface area contributed by atoms with E-state index in [1.807, 2.05) is 60.7 Å². The van der Waals surface area contributed by atoms with Crippen LogP contribution in [0.2, 0.25) is 16.6 Å². The maximum absolute atomic E-state index is 15.0. The van der Waals surface area contributed by atoms with Gasteiger partial charge in [0.05, 0.1) is 0 Å². The van der Waals surface area contributed by atoms with Gasteiger partial charge in [0.15, 0.2) is 7.14 Å². The van der Waals surface area contributed by atoms with Gasteiger partial charge in [-0.1, -0.05) is 109 Å². The highest BCUT2D eigenvalue weighted by Crippen LogP contribution is 2.62. The zero-order valence-electron chi connectivity index (χ0n) is 17.6. The van der Waals surface area contributed by atoms with E-state index in [4.69, 9.17) is 0 Å². The van der Waals surface area contributed by atoms with Crippen molar-refractivity contribution in [2.24, 2.45) is 0 Å². The maximum Gasteiger partial charge on any atom is 0.170 e. The molecule has 3 heteroatoms. The van der Waals surface area contributed by atoms with Gasteiger partial charge in [-0.25, -0.2) is 0 Å². The van der Waals surface area contributed by atoms with Crippen molar-refractivity contribution in [3.63, 3.8) is 0 Å². The van der Waals surface area contributed by atoms with Crippen molar-refractivity contribution in [1.82, 2.24) is 0 Å². The van der Waals surface area contributed by atoms with E-state index in [2.05, 4.69) is 53.9 Å². The van der Waals surface area contributed by atoms with Crippen molar-refractivity contribution in [3.05, 3.63) is 77.9 Å². The highest BCUT2D eigenvalue weighted by Gasteiger charge is 2.52. The predicted octanol–water partition coefficient (Wildman–Crippen LogP) is 6.89. The molecule has 2 rings (SSSR count). The fourth-order valence-electron chi connectivity index (χ4n) is 5.04. The van der Waals surface area contributed by atoms with Crippen LogP contribution in [0, 0.1) is 0 Å². The van der Waals surface area contributed by atoms with Gasteiger partial charge < -0.3 is 4.57 Å². The Kier molecular flexibility index (Phi) is 6.92. The summed E-state index contributed by atoms with van der Waals surface area (Å²) in [6.45, 7) is 17.9. The van der Waals surface area contributed by atoms with E-state index in [9.17, 15) is 0 Å². The first-order valence-electron chi connectivity index (χ1n) is 9.86. The second kappa shape index (κ2) is 8.61. The third-order valence-electron chi connectivity index (χ3n) is 6.00. The maximum atomic E-state index is 15.0. The molecule has 0 N–H and O–H groups in total. The summed E-state index contributed by atoms with van der Waals surface area (Å²) in [5, 5.41) is 1.78. The Labute approximate surface area is 166 Å². The molecule has 0 radical (unpaired) electrons. The van der Waals surface area contributed by atoms with E-state index in [0.717, 1.165) is 15.5 Å². The molecule has 0 atom stereocenters. The van der Waals surface area contributed by atoms with Crippen LogP contribution in [-0.2, 0) is 4.57 Å². The summed E-state index contributed by atoms with van der Waals surface area (Å²) in [7, 11) is -5.19. The zero-order valence-corrected chi connectivity index (χ0v) is 19.5. The van der Waals surface area contributed by atoms with Gasteiger partial charge >= 0.3 is 0 Å². The molecular weight excluding hydrogens is 363 g/mol. The fourth-order valence-corrected chi connectivity index (χ4v) is 18.5. The lowest BCUT2D eigenvalue weighted by molar-refractivity contribution is 0.591. The summed E-state index contributed by atoms with van der Waals surface area (Å²) in [6.07, 6.45) is 0. The molecule has 0 aliphatic carbocycles. The van der Waals surface area contributed by atoms with Gasteiger partial charge in [-0.3, -0.25) is 0 Å². The first-order valence-corrected chi connectivity index (χ1v) is 13.8. The van der Waals surface area contributed by atoms with Crippen LogP contribution < -0.4 is 10.6 Å². The molecule has 0 fully saturated rings. The standard InChI is InChI=1S/C24H33OPSi/c1-8-24(27(19(2)3,20(4)5)21(6)7)26(25,22-15-11-9-12-16-22)23-17-13-10-14-18-23/h9-21H,1H2,2-7H3. The van der Waals surface area contributed by atoms with Crippen molar-refractivity contribution in [3.8, 4) is 0 Å². The minimum absolute atomic E-state index is 0.447. The van der Waals surface area contributed by atoms with Gasteiger partial charge in [0.2, 0.25) is 0 Å². The summed E-state index contributed by atoms with van der Waals surface area (Å²) >= 11 is 0. The molecule has 0 amide bonds. The molecule has 0 aliphatic rings. The zero-order chi connectivity index (χ0) is 20.2. The van der Waals surface area contributed by atoms with Gasteiger partial charge in [0, 0.05) is 15.5 Å². The van der Waals surface area contributed by atoms with Crippen LogP contribution in [0.1, 0.15) is 41.5 Å². The highest BCUT2D eigenvalue weighted by molar-refractivity contribution is 7.85. The quantitative estimate of drug-likeness (QED) is 0.283. The molecule has 144 valence electrons. The molecule has 0 bridgehead atoms. The Bertz CT molecular complexity index is 781. The van der Waals surface area contributed by atoms with Crippen molar-refractivity contribution in [1.29, 1.82) is 0 Å². The molecule has 0 saturated heterocycles. The van der Waals surface area contributed by atoms with E-state index in [0.29, 0.717) is 16.6 Å². The van der Waals surface area contributed by atoms with Crippen LogP contribution in [0.5, 0.6) is 0 Å². The first-order chi connectivity index (χ1) is 12.7. The van der Waals surface area contributed by atoms with E-state index < -0.39 is 15.2 Å². The summed E-state index contributed by atoms with van der Waals surface area (Å²) < 4.78 is 15.0. The lowest BCUT2D eigenvalue weighted by atomic mass is 10.4. The number of benzene rings is 2. The Morgan fingerprint density at radius 1 is 0.778 bits per heavy atom. The number of hydrogen-bond donors (Lipinski definition) is 0. The van der Waals surface area contributed by atoms with Crippen LogP contribution in [0.4, 0.5) is 0 Å². The molecule has 1 nitrogen and oxygen atoms in total. The number of hydrogen-bond acceptors (Lipinski definition) is 1.